The average Bonchev–Trinajstić information content (AvgIpc) is 2.38. The molecule has 3 aliphatic rings. The molecule has 2 unspecified atom stereocenters. The molecule has 18 heavy (non-hydrogen) atoms. The van der Waals surface area contributed by atoms with Crippen LogP contribution in [0.3, 0.4) is 0 Å². The van der Waals surface area contributed by atoms with Gasteiger partial charge in [0.05, 0.1) is 6.04 Å². The minimum atomic E-state index is -3.44. The van der Waals surface area contributed by atoms with Gasteiger partial charge in [0.25, 0.3) is 0 Å². The Morgan fingerprint density at radius 2 is 2.17 bits per heavy atom. The van der Waals surface area contributed by atoms with Crippen molar-refractivity contribution in [3.05, 3.63) is 40.9 Å². The summed E-state index contributed by atoms with van der Waals surface area (Å²) < 4.78 is 23.2. The standard InChI is InChI=1S/C12H13N2.2H2O.O.V/c1-3-9-5-6-10-4-2-8-14-12(10)11(9)13-7-1;;;;/h1,3,5-7,9,11H,2,4,8H2;2*1H2;;/q-1;;;;+2/p-2. The summed E-state index contributed by atoms with van der Waals surface area (Å²) in [6, 6.07) is 0.278. The Morgan fingerprint density at radius 3 is 2.94 bits per heavy atom. The van der Waals surface area contributed by atoms with Crippen LogP contribution in [0.5, 0.6) is 0 Å². The van der Waals surface area contributed by atoms with Gasteiger partial charge in [-0.05, 0) is 12.5 Å². The topological polar surface area (TPSA) is 84.0 Å². The number of nitrogens with zero attached hydrogens (tertiary/aromatic N) is 2. The molecule has 0 aromatic heterocycles. The molecule has 0 amide bonds. The fourth-order valence-electron chi connectivity index (χ4n) is 2.33. The van der Waals surface area contributed by atoms with Crippen LogP contribution in [0, 0.1) is 5.92 Å². The van der Waals surface area contributed by atoms with Crippen molar-refractivity contribution in [2.45, 2.75) is 18.9 Å². The van der Waals surface area contributed by atoms with E-state index in [2.05, 4.69) is 28.5 Å². The summed E-state index contributed by atoms with van der Waals surface area (Å²) in [5.74, 6) is 0.445. The first-order valence-corrected chi connectivity index (χ1v) is 7.64. The molecule has 2 aliphatic heterocycles. The van der Waals surface area contributed by atoms with Gasteiger partial charge < -0.3 is 5.32 Å². The van der Waals surface area contributed by atoms with Crippen LogP contribution in [-0.2, 0) is 19.5 Å². The van der Waals surface area contributed by atoms with E-state index in [1.165, 1.54) is 24.1 Å². The van der Waals surface area contributed by atoms with Gasteiger partial charge in [-0.15, -0.1) is 12.2 Å². The molecule has 1 aliphatic carbocycles. The molecule has 0 saturated carbocycles. The Kier molecular flexibility index (Phi) is 4.66. The van der Waals surface area contributed by atoms with Crippen LogP contribution in [-0.4, -0.2) is 26.9 Å². The Labute approximate surface area is 111 Å². The molecular formula is C12H15N2O3V-. The van der Waals surface area contributed by atoms with Crippen molar-refractivity contribution >= 4 is 6.21 Å². The van der Waals surface area contributed by atoms with Gasteiger partial charge in [-0.25, -0.2) is 0 Å². The van der Waals surface area contributed by atoms with Crippen molar-refractivity contribution < 1.29 is 27.5 Å². The monoisotopic (exact) mass is 286 g/mol. The van der Waals surface area contributed by atoms with Crippen molar-refractivity contribution in [2.24, 2.45) is 10.9 Å². The second kappa shape index (κ2) is 6.25. The Hall–Kier alpha value is -1.01. The van der Waals surface area contributed by atoms with Gasteiger partial charge >= 0.3 is 27.5 Å². The van der Waals surface area contributed by atoms with Crippen molar-refractivity contribution in [1.82, 2.24) is 0 Å². The van der Waals surface area contributed by atoms with E-state index < -0.39 is 15.8 Å². The summed E-state index contributed by atoms with van der Waals surface area (Å²) in [5.41, 5.74) is 2.65. The summed E-state index contributed by atoms with van der Waals surface area (Å²) in [4.78, 5) is 4.52. The van der Waals surface area contributed by atoms with Gasteiger partial charge in [0.2, 0.25) is 0 Å². The second-order valence-corrected chi connectivity index (χ2v) is 5.00. The first-order chi connectivity index (χ1) is 8.68. The van der Waals surface area contributed by atoms with Crippen LogP contribution in [0.4, 0.5) is 0 Å². The van der Waals surface area contributed by atoms with E-state index in [1.807, 2.05) is 12.3 Å². The quantitative estimate of drug-likeness (QED) is 0.705. The Balaban J connectivity index is 0.000000267. The van der Waals surface area contributed by atoms with Gasteiger partial charge in [-0.2, -0.15) is 0 Å². The zero-order chi connectivity index (χ0) is 13.0. The average molecular weight is 286 g/mol. The number of dihydropyridines is 1. The molecule has 0 bridgehead atoms. The molecule has 6 heteroatoms. The first-order valence-electron chi connectivity index (χ1n) is 5.82. The van der Waals surface area contributed by atoms with E-state index in [0.717, 1.165) is 6.54 Å². The van der Waals surface area contributed by atoms with E-state index in [4.69, 9.17) is 11.7 Å². The van der Waals surface area contributed by atoms with Crippen LogP contribution in [0.1, 0.15) is 12.8 Å². The molecule has 0 fully saturated rings. The van der Waals surface area contributed by atoms with Crippen molar-refractivity contribution in [2.75, 3.05) is 6.54 Å². The molecule has 5 nitrogen and oxygen atoms in total. The minimum absolute atomic E-state index is 0.278. The van der Waals surface area contributed by atoms with E-state index >= 15 is 0 Å². The summed E-state index contributed by atoms with van der Waals surface area (Å²) in [7, 11) is 0. The molecule has 0 saturated heterocycles. The second-order valence-electron chi connectivity index (χ2n) is 4.21. The summed E-state index contributed by atoms with van der Waals surface area (Å²) in [5, 5.41) is 4.62. The number of hydrogen-bond donors (Lipinski definition) is 2. The molecule has 0 aromatic carbocycles. The normalized spacial score (nSPS) is 27.7. The Morgan fingerprint density at radius 1 is 1.39 bits per heavy atom. The molecule has 2 N–H and O–H groups in total. The first kappa shape index (κ1) is 13.4. The van der Waals surface area contributed by atoms with Crippen LogP contribution < -0.4 is 0 Å². The molecule has 97 valence electrons. The predicted octanol–water partition coefficient (Wildman–Crippen LogP) is 1.37. The number of aliphatic imine (C=N–C) groups is 1. The number of fused-ring (bicyclic) bond motifs is 2. The van der Waals surface area contributed by atoms with Gasteiger partial charge in [-0.3, -0.25) is 4.99 Å². The van der Waals surface area contributed by atoms with Crippen molar-refractivity contribution in [3.8, 4) is 0 Å². The van der Waals surface area contributed by atoms with Gasteiger partial charge in [-0.1, -0.05) is 30.2 Å². The molecule has 0 aromatic rings. The molecule has 0 radical (unpaired) electrons. The van der Waals surface area contributed by atoms with Crippen LogP contribution >= 0.6 is 0 Å². The van der Waals surface area contributed by atoms with E-state index in [0.29, 0.717) is 5.92 Å². The predicted molar refractivity (Wildman–Crippen MR) is 63.7 cm³/mol. The summed E-state index contributed by atoms with van der Waals surface area (Å²) >= 11 is -3.44. The Bertz CT molecular complexity index is 450. The number of allylic oxidation sites excluding steroid dienone is 3. The van der Waals surface area contributed by atoms with Crippen LogP contribution in [0.2, 0.25) is 0 Å². The van der Waals surface area contributed by atoms with Gasteiger partial charge in [0.15, 0.2) is 0 Å². The van der Waals surface area contributed by atoms with Crippen molar-refractivity contribution in [1.29, 1.82) is 0 Å². The van der Waals surface area contributed by atoms with Crippen LogP contribution in [0.15, 0.2) is 40.6 Å². The van der Waals surface area contributed by atoms with E-state index in [-0.39, 0.29) is 6.04 Å². The molecule has 2 heterocycles. The van der Waals surface area contributed by atoms with Crippen LogP contribution in [0.25, 0.3) is 5.32 Å². The third kappa shape index (κ3) is 3.26. The zero-order valence-corrected chi connectivity index (χ0v) is 11.2. The van der Waals surface area contributed by atoms with Crippen molar-refractivity contribution in [3.63, 3.8) is 0 Å². The van der Waals surface area contributed by atoms with E-state index in [9.17, 15) is 0 Å². The maximum absolute atomic E-state index is 8.78. The maximum atomic E-state index is 8.78. The molecule has 2 atom stereocenters. The number of hydrogen-bond acceptors (Lipinski definition) is 2. The zero-order valence-electron chi connectivity index (χ0n) is 9.81. The summed E-state index contributed by atoms with van der Waals surface area (Å²) in [6.45, 7) is 0.981. The van der Waals surface area contributed by atoms with Gasteiger partial charge in [0.1, 0.15) is 0 Å². The third-order valence-electron chi connectivity index (χ3n) is 3.05. The molecule has 0 spiro atoms. The third-order valence-corrected chi connectivity index (χ3v) is 3.05. The van der Waals surface area contributed by atoms with E-state index in [1.54, 1.807) is 0 Å². The molecule has 3 rings (SSSR count). The molecular weight excluding hydrogens is 271 g/mol. The number of rotatable bonds is 0. The fourth-order valence-corrected chi connectivity index (χ4v) is 2.33. The summed E-state index contributed by atoms with van der Waals surface area (Å²) in [6.07, 6.45) is 13.0. The SMILES string of the molecule is C1=CC2C=CC3=C([N-]CCC3)C2N=C1.[O]=[V]([OH])[OH]. The van der Waals surface area contributed by atoms with Gasteiger partial charge in [0, 0.05) is 12.1 Å². The fraction of sp³-hybridized carbons (Fsp3) is 0.417.